The van der Waals surface area contributed by atoms with E-state index in [-0.39, 0.29) is 0 Å². The molecule has 0 amide bonds. The minimum atomic E-state index is -4.40. The lowest BCUT2D eigenvalue weighted by Crippen LogP contribution is -2.09. The molecule has 0 unspecified atom stereocenters. The third-order valence-electron chi connectivity index (χ3n) is 4.53. The number of benzene rings is 2. The zero-order chi connectivity index (χ0) is 19.7. The van der Waals surface area contributed by atoms with Crippen molar-refractivity contribution >= 4 is 17.5 Å². The molecule has 1 fully saturated rings. The van der Waals surface area contributed by atoms with Gasteiger partial charge in [-0.1, -0.05) is 36.4 Å². The van der Waals surface area contributed by atoms with Gasteiger partial charge in [-0.15, -0.1) is 0 Å². The molecular weight excluding hydrogens is 365 g/mol. The number of aryl methyl sites for hydroxylation is 1. The Kier molecular flexibility index (Phi) is 4.66. The molecule has 7 heteroatoms. The summed E-state index contributed by atoms with van der Waals surface area (Å²) in [6, 6.07) is 15.3. The molecule has 0 aliphatic heterocycles. The molecule has 0 spiro atoms. The number of aromatic nitrogens is 2. The summed E-state index contributed by atoms with van der Waals surface area (Å²) in [5, 5.41) is 6.30. The molecule has 144 valence electrons. The maximum absolute atomic E-state index is 13.1. The van der Waals surface area contributed by atoms with E-state index in [1.54, 1.807) is 13.0 Å². The number of hydrogen-bond donors (Lipinski definition) is 2. The number of anilines is 3. The molecule has 2 aromatic carbocycles. The zero-order valence-electron chi connectivity index (χ0n) is 15.2. The van der Waals surface area contributed by atoms with Gasteiger partial charge in [0.25, 0.3) is 0 Å². The summed E-state index contributed by atoms with van der Waals surface area (Å²) < 4.78 is 39.2. The predicted molar refractivity (Wildman–Crippen MR) is 104 cm³/mol. The Morgan fingerprint density at radius 1 is 0.964 bits per heavy atom. The van der Waals surface area contributed by atoms with E-state index in [4.69, 9.17) is 0 Å². The highest BCUT2D eigenvalue weighted by Gasteiger charge is 2.31. The first-order valence-electron chi connectivity index (χ1n) is 9.04. The molecule has 3 aromatic rings. The van der Waals surface area contributed by atoms with Gasteiger partial charge in [0.05, 0.1) is 11.3 Å². The quantitative estimate of drug-likeness (QED) is 0.585. The fourth-order valence-corrected chi connectivity index (χ4v) is 2.81. The van der Waals surface area contributed by atoms with Crippen molar-refractivity contribution in [1.29, 1.82) is 0 Å². The molecule has 4 rings (SSSR count). The number of rotatable bonds is 5. The Morgan fingerprint density at radius 2 is 1.71 bits per heavy atom. The second-order valence-electron chi connectivity index (χ2n) is 6.90. The fraction of sp³-hybridized carbons (Fsp3) is 0.238. The summed E-state index contributed by atoms with van der Waals surface area (Å²) in [5.74, 6) is 0.912. The van der Waals surface area contributed by atoms with Crippen LogP contribution in [0.25, 0.3) is 11.3 Å². The van der Waals surface area contributed by atoms with Crippen molar-refractivity contribution in [3.8, 4) is 11.3 Å². The molecule has 2 N–H and O–H groups in total. The lowest BCUT2D eigenvalue weighted by Gasteiger charge is -2.15. The van der Waals surface area contributed by atoms with Crippen LogP contribution in [0.4, 0.5) is 30.6 Å². The van der Waals surface area contributed by atoms with Crippen LogP contribution in [-0.4, -0.2) is 16.0 Å². The van der Waals surface area contributed by atoms with Gasteiger partial charge in [-0.05, 0) is 37.5 Å². The molecule has 4 nitrogen and oxygen atoms in total. The van der Waals surface area contributed by atoms with Crippen LogP contribution in [0, 0.1) is 6.92 Å². The molecular formula is C21H19F3N4. The SMILES string of the molecule is Cc1ccc(C(F)(F)F)cc1Nc1cc(-c2ccccc2)nc(NC2CC2)n1. The van der Waals surface area contributed by atoms with Crippen LogP contribution in [-0.2, 0) is 6.18 Å². The Balaban J connectivity index is 1.71. The normalized spacial score (nSPS) is 14.0. The van der Waals surface area contributed by atoms with Crippen molar-refractivity contribution in [3.05, 3.63) is 65.7 Å². The van der Waals surface area contributed by atoms with E-state index in [0.29, 0.717) is 34.8 Å². The lowest BCUT2D eigenvalue weighted by atomic mass is 10.1. The average Bonchev–Trinajstić information content (AvgIpc) is 3.47. The summed E-state index contributed by atoms with van der Waals surface area (Å²) in [4.78, 5) is 9.02. The van der Waals surface area contributed by atoms with Gasteiger partial charge in [0, 0.05) is 23.4 Å². The van der Waals surface area contributed by atoms with Crippen molar-refractivity contribution < 1.29 is 13.2 Å². The topological polar surface area (TPSA) is 49.8 Å². The molecule has 0 saturated heterocycles. The van der Waals surface area contributed by atoms with Crippen LogP contribution in [0.5, 0.6) is 0 Å². The Bertz CT molecular complexity index is 983. The molecule has 1 saturated carbocycles. The molecule has 0 atom stereocenters. The van der Waals surface area contributed by atoms with E-state index < -0.39 is 11.7 Å². The number of nitrogens with zero attached hydrogens (tertiary/aromatic N) is 2. The predicted octanol–water partition coefficient (Wildman–Crippen LogP) is 5.79. The summed E-state index contributed by atoms with van der Waals surface area (Å²) in [5.41, 5.74) is 1.97. The summed E-state index contributed by atoms with van der Waals surface area (Å²) in [6.45, 7) is 1.76. The van der Waals surface area contributed by atoms with Crippen LogP contribution >= 0.6 is 0 Å². The fourth-order valence-electron chi connectivity index (χ4n) is 2.81. The Morgan fingerprint density at radius 3 is 2.39 bits per heavy atom. The first kappa shape index (κ1) is 18.3. The van der Waals surface area contributed by atoms with Crippen LogP contribution in [0.15, 0.2) is 54.6 Å². The molecule has 28 heavy (non-hydrogen) atoms. The van der Waals surface area contributed by atoms with Crippen LogP contribution in [0.1, 0.15) is 24.0 Å². The largest absolute Gasteiger partial charge is 0.416 e. The Labute approximate surface area is 160 Å². The van der Waals surface area contributed by atoms with Crippen LogP contribution in [0.3, 0.4) is 0 Å². The van der Waals surface area contributed by atoms with Gasteiger partial charge >= 0.3 is 6.18 Å². The second-order valence-corrected chi connectivity index (χ2v) is 6.90. The van der Waals surface area contributed by atoms with Crippen molar-refractivity contribution in [2.45, 2.75) is 32.0 Å². The average molecular weight is 384 g/mol. The van der Waals surface area contributed by atoms with Gasteiger partial charge in [0.2, 0.25) is 5.95 Å². The first-order chi connectivity index (χ1) is 13.4. The van der Waals surface area contributed by atoms with Gasteiger partial charge in [-0.3, -0.25) is 0 Å². The minimum Gasteiger partial charge on any atom is -0.351 e. The maximum atomic E-state index is 13.1. The van der Waals surface area contributed by atoms with Crippen LogP contribution in [0.2, 0.25) is 0 Å². The summed E-state index contributed by atoms with van der Waals surface area (Å²) >= 11 is 0. The number of alkyl halides is 3. The van der Waals surface area contributed by atoms with E-state index >= 15 is 0 Å². The number of nitrogens with one attached hydrogen (secondary N) is 2. The van der Waals surface area contributed by atoms with Crippen molar-refractivity contribution in [2.24, 2.45) is 0 Å². The smallest absolute Gasteiger partial charge is 0.351 e. The monoisotopic (exact) mass is 384 g/mol. The van der Waals surface area contributed by atoms with E-state index in [0.717, 1.165) is 30.5 Å². The highest BCUT2D eigenvalue weighted by Crippen LogP contribution is 2.33. The summed E-state index contributed by atoms with van der Waals surface area (Å²) in [6.07, 6.45) is -2.27. The molecule has 0 radical (unpaired) electrons. The molecule has 0 bridgehead atoms. The summed E-state index contributed by atoms with van der Waals surface area (Å²) in [7, 11) is 0. The minimum absolute atomic E-state index is 0.356. The highest BCUT2D eigenvalue weighted by molar-refractivity contribution is 5.69. The van der Waals surface area contributed by atoms with Crippen molar-refractivity contribution in [2.75, 3.05) is 10.6 Å². The van der Waals surface area contributed by atoms with E-state index in [2.05, 4.69) is 20.6 Å². The molecule has 1 aromatic heterocycles. The highest BCUT2D eigenvalue weighted by atomic mass is 19.4. The second kappa shape index (κ2) is 7.14. The third kappa shape index (κ3) is 4.24. The zero-order valence-corrected chi connectivity index (χ0v) is 15.2. The molecule has 1 heterocycles. The van der Waals surface area contributed by atoms with E-state index in [1.807, 2.05) is 30.3 Å². The van der Waals surface area contributed by atoms with E-state index in [1.165, 1.54) is 6.07 Å². The Hall–Kier alpha value is -3.09. The van der Waals surface area contributed by atoms with E-state index in [9.17, 15) is 13.2 Å². The standard InChI is InChI=1S/C21H19F3N4/c1-13-7-8-15(21(22,23)24)11-17(13)26-19-12-18(14-5-3-2-4-6-14)27-20(28-19)25-16-9-10-16/h2-8,11-12,16H,9-10H2,1H3,(H2,25,26,27,28). The molecule has 1 aliphatic carbocycles. The molecule has 1 aliphatic rings. The number of hydrogen-bond acceptors (Lipinski definition) is 4. The third-order valence-corrected chi connectivity index (χ3v) is 4.53. The van der Waals surface area contributed by atoms with Crippen molar-refractivity contribution in [1.82, 2.24) is 9.97 Å². The van der Waals surface area contributed by atoms with Gasteiger partial charge in [0.15, 0.2) is 0 Å². The van der Waals surface area contributed by atoms with Crippen LogP contribution < -0.4 is 10.6 Å². The van der Waals surface area contributed by atoms with Gasteiger partial charge in [-0.25, -0.2) is 4.98 Å². The van der Waals surface area contributed by atoms with Crippen molar-refractivity contribution in [3.63, 3.8) is 0 Å². The lowest BCUT2D eigenvalue weighted by molar-refractivity contribution is -0.137. The first-order valence-corrected chi connectivity index (χ1v) is 9.04. The maximum Gasteiger partial charge on any atom is 0.416 e. The van der Waals surface area contributed by atoms with Gasteiger partial charge in [0.1, 0.15) is 5.82 Å². The van der Waals surface area contributed by atoms with Gasteiger partial charge in [-0.2, -0.15) is 18.2 Å². The number of halogens is 3. The van der Waals surface area contributed by atoms with Gasteiger partial charge < -0.3 is 10.6 Å².